The van der Waals surface area contributed by atoms with E-state index in [1.807, 2.05) is 16.9 Å². The molecule has 0 saturated heterocycles. The van der Waals surface area contributed by atoms with E-state index in [1.54, 1.807) is 13.3 Å². The molecule has 0 aliphatic heterocycles. The number of nitrogens with zero attached hydrogens (tertiary/aromatic N) is 3. The third kappa shape index (κ3) is 2.99. The molecule has 1 heterocycles. The zero-order valence-corrected chi connectivity index (χ0v) is 11.7. The lowest BCUT2D eigenvalue weighted by atomic mass is 9.76. The molecule has 1 fully saturated rings. The summed E-state index contributed by atoms with van der Waals surface area (Å²) >= 11 is 0. The fourth-order valence-corrected chi connectivity index (χ4v) is 2.69. The smallest absolute Gasteiger partial charge is 0.119 e. The fraction of sp³-hybridized carbons (Fsp3) is 0.467. The molecule has 5 heteroatoms. The van der Waals surface area contributed by atoms with Crippen molar-refractivity contribution in [2.75, 3.05) is 13.7 Å². The summed E-state index contributed by atoms with van der Waals surface area (Å²) in [4.78, 5) is 0. The minimum Gasteiger partial charge on any atom is -0.497 e. The van der Waals surface area contributed by atoms with Gasteiger partial charge in [0.05, 0.1) is 19.9 Å². The second-order valence-corrected chi connectivity index (χ2v) is 5.26. The van der Waals surface area contributed by atoms with E-state index in [9.17, 15) is 0 Å². The van der Waals surface area contributed by atoms with E-state index in [-0.39, 0.29) is 0 Å². The maximum absolute atomic E-state index is 5.28. The fourth-order valence-electron chi connectivity index (χ4n) is 2.69. The van der Waals surface area contributed by atoms with Crippen molar-refractivity contribution < 1.29 is 4.74 Å². The van der Waals surface area contributed by atoms with Crippen molar-refractivity contribution in [3.05, 3.63) is 42.2 Å². The summed E-state index contributed by atoms with van der Waals surface area (Å²) in [6.07, 6.45) is 6.00. The first-order valence-electron chi connectivity index (χ1n) is 7.06. The number of ether oxygens (including phenoxy) is 1. The maximum atomic E-state index is 5.28. The molecule has 5 nitrogen and oxygen atoms in total. The quantitative estimate of drug-likeness (QED) is 0.871. The first-order chi connectivity index (χ1) is 9.85. The number of nitrogens with one attached hydrogen (secondary N) is 1. The molecule has 2 aromatic rings. The first kappa shape index (κ1) is 13.1. The minimum atomic E-state index is 0.620. The molecule has 1 N–H and O–H groups in total. The number of rotatable bonds is 6. The van der Waals surface area contributed by atoms with Gasteiger partial charge in [-0.2, -0.15) is 0 Å². The van der Waals surface area contributed by atoms with Crippen LogP contribution in [-0.2, 0) is 6.54 Å². The molecule has 3 rings (SSSR count). The minimum absolute atomic E-state index is 0.620. The summed E-state index contributed by atoms with van der Waals surface area (Å²) in [6.45, 7) is 1.82. The second kappa shape index (κ2) is 6.05. The van der Waals surface area contributed by atoms with Crippen LogP contribution in [0.25, 0.3) is 0 Å². The SMILES string of the molecule is COc1cccc(C2CC(NCCn3ccnn3)C2)c1. The second-order valence-electron chi connectivity index (χ2n) is 5.26. The molecule has 1 aliphatic carbocycles. The van der Waals surface area contributed by atoms with Gasteiger partial charge in [0.1, 0.15) is 5.75 Å². The van der Waals surface area contributed by atoms with Crippen molar-refractivity contribution in [1.29, 1.82) is 0 Å². The lowest BCUT2D eigenvalue weighted by molar-refractivity contribution is 0.285. The van der Waals surface area contributed by atoms with Crippen molar-refractivity contribution in [1.82, 2.24) is 20.3 Å². The molecule has 1 aliphatic rings. The lowest BCUT2D eigenvalue weighted by Crippen LogP contribution is -2.41. The van der Waals surface area contributed by atoms with Gasteiger partial charge in [0.2, 0.25) is 0 Å². The molecule has 0 spiro atoms. The highest BCUT2D eigenvalue weighted by Gasteiger charge is 2.29. The van der Waals surface area contributed by atoms with Crippen LogP contribution < -0.4 is 10.1 Å². The van der Waals surface area contributed by atoms with E-state index in [2.05, 4.69) is 33.8 Å². The van der Waals surface area contributed by atoms with Gasteiger partial charge in [0, 0.05) is 18.8 Å². The largest absolute Gasteiger partial charge is 0.497 e. The molecule has 1 aromatic carbocycles. The number of hydrogen-bond donors (Lipinski definition) is 1. The number of methoxy groups -OCH3 is 1. The summed E-state index contributed by atoms with van der Waals surface area (Å²) in [5.41, 5.74) is 1.39. The van der Waals surface area contributed by atoms with Crippen LogP contribution in [0.5, 0.6) is 5.75 Å². The van der Waals surface area contributed by atoms with E-state index < -0.39 is 0 Å². The van der Waals surface area contributed by atoms with E-state index in [1.165, 1.54) is 18.4 Å². The molecule has 0 bridgehead atoms. The van der Waals surface area contributed by atoms with Gasteiger partial charge in [0.25, 0.3) is 0 Å². The van der Waals surface area contributed by atoms with Gasteiger partial charge in [-0.1, -0.05) is 17.3 Å². The number of hydrogen-bond acceptors (Lipinski definition) is 4. The summed E-state index contributed by atoms with van der Waals surface area (Å²) in [6, 6.07) is 9.03. The summed E-state index contributed by atoms with van der Waals surface area (Å²) in [5.74, 6) is 1.61. The van der Waals surface area contributed by atoms with Gasteiger partial charge in [-0.15, -0.1) is 5.10 Å². The van der Waals surface area contributed by atoms with Crippen LogP contribution >= 0.6 is 0 Å². The van der Waals surface area contributed by atoms with Gasteiger partial charge in [-0.3, -0.25) is 4.68 Å². The van der Waals surface area contributed by atoms with Crippen molar-refractivity contribution in [3.8, 4) is 5.75 Å². The monoisotopic (exact) mass is 272 g/mol. The van der Waals surface area contributed by atoms with Crippen LogP contribution in [0, 0.1) is 0 Å². The predicted octanol–water partition coefficient (Wildman–Crippen LogP) is 1.82. The summed E-state index contributed by atoms with van der Waals surface area (Å²) in [5, 5.41) is 11.3. The van der Waals surface area contributed by atoms with Gasteiger partial charge < -0.3 is 10.1 Å². The predicted molar refractivity (Wildman–Crippen MR) is 76.8 cm³/mol. The Kier molecular flexibility index (Phi) is 3.97. The average molecular weight is 272 g/mol. The van der Waals surface area contributed by atoms with E-state index in [0.717, 1.165) is 18.8 Å². The standard InChI is InChI=1S/C15H20N4O/c1-20-15-4-2-3-12(11-15)13-9-14(10-13)16-5-7-19-8-6-17-18-19/h2-4,6,8,11,13-14,16H,5,7,9-10H2,1H3. The highest BCUT2D eigenvalue weighted by atomic mass is 16.5. The van der Waals surface area contributed by atoms with Gasteiger partial charge in [-0.05, 0) is 36.5 Å². The van der Waals surface area contributed by atoms with Gasteiger partial charge in [-0.25, -0.2) is 0 Å². The Labute approximate surface area is 118 Å². The molecule has 0 unspecified atom stereocenters. The molecular weight excluding hydrogens is 252 g/mol. The van der Waals surface area contributed by atoms with Crippen LogP contribution in [0.2, 0.25) is 0 Å². The van der Waals surface area contributed by atoms with E-state index in [0.29, 0.717) is 12.0 Å². The average Bonchev–Trinajstić information content (AvgIpc) is 2.94. The van der Waals surface area contributed by atoms with Crippen molar-refractivity contribution in [2.24, 2.45) is 0 Å². The van der Waals surface area contributed by atoms with Crippen LogP contribution in [0.4, 0.5) is 0 Å². The van der Waals surface area contributed by atoms with Crippen LogP contribution in [0.3, 0.4) is 0 Å². The molecule has 0 radical (unpaired) electrons. The van der Waals surface area contributed by atoms with Crippen LogP contribution in [0.1, 0.15) is 24.3 Å². The topological polar surface area (TPSA) is 52.0 Å². The van der Waals surface area contributed by atoms with Crippen LogP contribution in [0.15, 0.2) is 36.7 Å². The Morgan fingerprint density at radius 2 is 2.30 bits per heavy atom. The molecule has 1 aromatic heterocycles. The Balaban J connectivity index is 1.42. The summed E-state index contributed by atoms with van der Waals surface area (Å²) in [7, 11) is 1.72. The highest BCUT2D eigenvalue weighted by molar-refractivity contribution is 5.32. The molecule has 1 saturated carbocycles. The normalized spacial score (nSPS) is 21.4. The van der Waals surface area contributed by atoms with Gasteiger partial charge >= 0.3 is 0 Å². The van der Waals surface area contributed by atoms with E-state index in [4.69, 9.17) is 4.74 Å². The maximum Gasteiger partial charge on any atom is 0.119 e. The third-order valence-corrected chi connectivity index (χ3v) is 3.95. The van der Waals surface area contributed by atoms with Gasteiger partial charge in [0.15, 0.2) is 0 Å². The highest BCUT2D eigenvalue weighted by Crippen LogP contribution is 2.37. The molecule has 0 atom stereocenters. The Hall–Kier alpha value is -1.88. The van der Waals surface area contributed by atoms with Crippen molar-refractivity contribution in [2.45, 2.75) is 31.3 Å². The Bertz CT molecular complexity index is 535. The van der Waals surface area contributed by atoms with E-state index >= 15 is 0 Å². The zero-order valence-electron chi connectivity index (χ0n) is 11.7. The Morgan fingerprint density at radius 1 is 1.40 bits per heavy atom. The zero-order chi connectivity index (χ0) is 13.8. The van der Waals surface area contributed by atoms with Crippen molar-refractivity contribution in [3.63, 3.8) is 0 Å². The Morgan fingerprint density at radius 3 is 3.05 bits per heavy atom. The number of aromatic nitrogens is 3. The van der Waals surface area contributed by atoms with Crippen LogP contribution in [-0.4, -0.2) is 34.7 Å². The molecular formula is C15H20N4O. The lowest BCUT2D eigenvalue weighted by Gasteiger charge is -2.36. The molecule has 106 valence electrons. The first-order valence-corrected chi connectivity index (χ1v) is 7.06. The van der Waals surface area contributed by atoms with Crippen molar-refractivity contribution >= 4 is 0 Å². The summed E-state index contributed by atoms with van der Waals surface area (Å²) < 4.78 is 7.13. The molecule has 0 amide bonds. The third-order valence-electron chi connectivity index (χ3n) is 3.95. The molecule has 20 heavy (non-hydrogen) atoms. The number of benzene rings is 1.